The molecule has 0 radical (unpaired) electrons. The van der Waals surface area contributed by atoms with Crippen LogP contribution >= 0.6 is 0 Å². The van der Waals surface area contributed by atoms with E-state index >= 15 is 0 Å². The van der Waals surface area contributed by atoms with Gasteiger partial charge in [-0.2, -0.15) is 8.78 Å². The monoisotopic (exact) mass is 474 g/mol. The van der Waals surface area contributed by atoms with Crippen LogP contribution in [0.1, 0.15) is 156 Å². The standard InChI is InChI=1S/C29H56F2O2/c1-5-9-11-13-14-19-23-27(22-17-12-10-6-2)25-33-28(32)29(30,31)24-20-16-15-18-21-26(7-3)8-4/h26-27H,5-25H2,1-4H3. The van der Waals surface area contributed by atoms with Crippen molar-refractivity contribution in [1.29, 1.82) is 0 Å². The van der Waals surface area contributed by atoms with E-state index in [1.165, 1.54) is 70.6 Å². The van der Waals surface area contributed by atoms with E-state index in [-0.39, 0.29) is 18.9 Å². The summed E-state index contributed by atoms with van der Waals surface area (Å²) in [5.74, 6) is -3.67. The van der Waals surface area contributed by atoms with Crippen LogP contribution < -0.4 is 0 Å². The molecule has 0 aliphatic rings. The number of hydrogen-bond donors (Lipinski definition) is 0. The molecule has 0 bridgehead atoms. The number of halogens is 2. The number of carbonyl (C=O) groups is 1. The summed E-state index contributed by atoms with van der Waals surface area (Å²) in [6.07, 6.45) is 20.4. The van der Waals surface area contributed by atoms with Crippen LogP contribution in [0, 0.1) is 11.8 Å². The fourth-order valence-electron chi connectivity index (χ4n) is 4.62. The lowest BCUT2D eigenvalue weighted by atomic mass is 9.95. The third kappa shape index (κ3) is 18.3. The Bertz CT molecular complexity index is 435. The molecule has 0 spiro atoms. The quantitative estimate of drug-likeness (QED) is 0.103. The summed E-state index contributed by atoms with van der Waals surface area (Å²) in [4.78, 5) is 12.1. The van der Waals surface area contributed by atoms with E-state index in [1.807, 2.05) is 0 Å². The van der Waals surface area contributed by atoms with Crippen molar-refractivity contribution < 1.29 is 18.3 Å². The molecule has 1 atom stereocenters. The van der Waals surface area contributed by atoms with Crippen LogP contribution in [0.4, 0.5) is 8.78 Å². The summed E-state index contributed by atoms with van der Waals surface area (Å²) in [6, 6.07) is 0. The van der Waals surface area contributed by atoms with Crippen LogP contribution in [0.2, 0.25) is 0 Å². The molecule has 0 aromatic heterocycles. The number of unbranched alkanes of at least 4 members (excludes halogenated alkanes) is 11. The Morgan fingerprint density at radius 3 is 1.58 bits per heavy atom. The molecule has 0 aromatic rings. The van der Waals surface area contributed by atoms with E-state index in [2.05, 4.69) is 27.7 Å². The molecule has 0 aliphatic carbocycles. The van der Waals surface area contributed by atoms with Gasteiger partial charge in [-0.15, -0.1) is 0 Å². The molecule has 0 rings (SSSR count). The summed E-state index contributed by atoms with van der Waals surface area (Å²) in [5.41, 5.74) is 0. The minimum atomic E-state index is -3.34. The number of rotatable bonds is 24. The summed E-state index contributed by atoms with van der Waals surface area (Å²) >= 11 is 0. The van der Waals surface area contributed by atoms with Gasteiger partial charge in [-0.1, -0.05) is 130 Å². The first kappa shape index (κ1) is 32.3. The number of esters is 1. The second kappa shape index (κ2) is 21.8. The van der Waals surface area contributed by atoms with Gasteiger partial charge in [0.15, 0.2) is 0 Å². The molecule has 0 aromatic carbocycles. The Hall–Kier alpha value is -0.670. The molecule has 1 unspecified atom stereocenters. The van der Waals surface area contributed by atoms with Gasteiger partial charge in [0.05, 0.1) is 6.61 Å². The average Bonchev–Trinajstić information content (AvgIpc) is 2.81. The van der Waals surface area contributed by atoms with Crippen LogP contribution in [0.3, 0.4) is 0 Å². The van der Waals surface area contributed by atoms with E-state index in [0.29, 0.717) is 6.42 Å². The first-order chi connectivity index (χ1) is 15.9. The van der Waals surface area contributed by atoms with Crippen LogP contribution in [0.15, 0.2) is 0 Å². The predicted octanol–water partition coefficient (Wildman–Crippen LogP) is 10.3. The van der Waals surface area contributed by atoms with Crippen molar-refractivity contribution in [2.24, 2.45) is 11.8 Å². The Morgan fingerprint density at radius 1 is 0.636 bits per heavy atom. The van der Waals surface area contributed by atoms with E-state index in [1.54, 1.807) is 0 Å². The molecule has 0 amide bonds. The van der Waals surface area contributed by atoms with Crippen molar-refractivity contribution in [1.82, 2.24) is 0 Å². The van der Waals surface area contributed by atoms with E-state index in [0.717, 1.165) is 50.9 Å². The molecule has 0 N–H and O–H groups in total. The lowest BCUT2D eigenvalue weighted by Crippen LogP contribution is -2.32. The molecule has 198 valence electrons. The lowest BCUT2D eigenvalue weighted by Gasteiger charge is -2.20. The molecule has 4 heteroatoms. The van der Waals surface area contributed by atoms with E-state index in [9.17, 15) is 13.6 Å². The van der Waals surface area contributed by atoms with Crippen molar-refractivity contribution >= 4 is 5.97 Å². The van der Waals surface area contributed by atoms with E-state index in [4.69, 9.17) is 4.74 Å². The molecule has 0 saturated heterocycles. The molecule has 0 fully saturated rings. The van der Waals surface area contributed by atoms with Crippen LogP contribution in [-0.2, 0) is 9.53 Å². The van der Waals surface area contributed by atoms with Crippen molar-refractivity contribution in [2.75, 3.05) is 6.61 Å². The average molecular weight is 475 g/mol. The van der Waals surface area contributed by atoms with Gasteiger partial charge in [0.25, 0.3) is 0 Å². The Kier molecular flexibility index (Phi) is 21.4. The van der Waals surface area contributed by atoms with Gasteiger partial charge >= 0.3 is 11.9 Å². The zero-order valence-electron chi connectivity index (χ0n) is 22.6. The minimum Gasteiger partial charge on any atom is -0.461 e. The zero-order valence-corrected chi connectivity index (χ0v) is 22.6. The number of ether oxygens (including phenoxy) is 1. The first-order valence-corrected chi connectivity index (χ1v) is 14.5. The van der Waals surface area contributed by atoms with Gasteiger partial charge in [0.2, 0.25) is 0 Å². The largest absolute Gasteiger partial charge is 0.461 e. The highest BCUT2D eigenvalue weighted by Crippen LogP contribution is 2.26. The summed E-state index contributed by atoms with van der Waals surface area (Å²) in [7, 11) is 0. The highest BCUT2D eigenvalue weighted by Gasteiger charge is 2.40. The summed E-state index contributed by atoms with van der Waals surface area (Å²) in [5, 5.41) is 0. The third-order valence-corrected chi connectivity index (χ3v) is 7.19. The smallest absolute Gasteiger partial charge is 0.376 e. The fourth-order valence-corrected chi connectivity index (χ4v) is 4.62. The number of hydrogen-bond acceptors (Lipinski definition) is 2. The molecule has 2 nitrogen and oxygen atoms in total. The Balaban J connectivity index is 4.26. The van der Waals surface area contributed by atoms with Crippen LogP contribution in [-0.4, -0.2) is 18.5 Å². The molecule has 0 saturated carbocycles. The maximum atomic E-state index is 14.3. The van der Waals surface area contributed by atoms with Crippen LogP contribution in [0.25, 0.3) is 0 Å². The van der Waals surface area contributed by atoms with Crippen molar-refractivity contribution in [3.8, 4) is 0 Å². The lowest BCUT2D eigenvalue weighted by molar-refractivity contribution is -0.174. The zero-order chi connectivity index (χ0) is 24.8. The second-order valence-corrected chi connectivity index (χ2v) is 10.2. The highest BCUT2D eigenvalue weighted by molar-refractivity contribution is 5.77. The van der Waals surface area contributed by atoms with Crippen molar-refractivity contribution in [3.05, 3.63) is 0 Å². The minimum absolute atomic E-state index is 0.158. The second-order valence-electron chi connectivity index (χ2n) is 10.2. The molecule has 0 heterocycles. The van der Waals surface area contributed by atoms with Gasteiger partial charge in [-0.05, 0) is 31.1 Å². The van der Waals surface area contributed by atoms with Gasteiger partial charge in [0, 0.05) is 6.42 Å². The maximum Gasteiger partial charge on any atom is 0.376 e. The Labute approximate surface area is 205 Å². The number of carbonyl (C=O) groups excluding carboxylic acids is 1. The summed E-state index contributed by atoms with van der Waals surface area (Å²) in [6.45, 7) is 8.98. The molecule has 0 aliphatic heterocycles. The number of alkyl halides is 2. The molecular weight excluding hydrogens is 418 g/mol. The molecular formula is C29H56F2O2. The van der Waals surface area contributed by atoms with E-state index < -0.39 is 11.9 Å². The highest BCUT2D eigenvalue weighted by atomic mass is 19.3. The van der Waals surface area contributed by atoms with Crippen molar-refractivity contribution in [2.45, 2.75) is 162 Å². The van der Waals surface area contributed by atoms with Crippen LogP contribution in [0.5, 0.6) is 0 Å². The summed E-state index contributed by atoms with van der Waals surface area (Å²) < 4.78 is 33.8. The van der Waals surface area contributed by atoms with Gasteiger partial charge in [-0.25, -0.2) is 4.79 Å². The predicted molar refractivity (Wildman–Crippen MR) is 138 cm³/mol. The van der Waals surface area contributed by atoms with Gasteiger partial charge in [-0.3, -0.25) is 0 Å². The van der Waals surface area contributed by atoms with Gasteiger partial charge < -0.3 is 4.74 Å². The normalized spacial score (nSPS) is 12.9. The molecule has 33 heavy (non-hydrogen) atoms. The first-order valence-electron chi connectivity index (χ1n) is 14.5. The fraction of sp³-hybridized carbons (Fsp3) is 0.966. The topological polar surface area (TPSA) is 26.3 Å². The maximum absolute atomic E-state index is 14.3. The van der Waals surface area contributed by atoms with Gasteiger partial charge in [0.1, 0.15) is 0 Å². The van der Waals surface area contributed by atoms with Crippen molar-refractivity contribution in [3.63, 3.8) is 0 Å². The third-order valence-electron chi connectivity index (χ3n) is 7.19. The Morgan fingerprint density at radius 2 is 1.06 bits per heavy atom. The SMILES string of the molecule is CCCCCCCCC(CCCCCC)COC(=O)C(F)(F)CCCCCCC(CC)CC.